The summed E-state index contributed by atoms with van der Waals surface area (Å²) >= 11 is 0. The van der Waals surface area contributed by atoms with Gasteiger partial charge < -0.3 is 4.98 Å². The topological polar surface area (TPSA) is 82.9 Å². The highest BCUT2D eigenvalue weighted by atomic mass is 16.1. The summed E-state index contributed by atoms with van der Waals surface area (Å²) in [5, 5.41) is 14.2. The van der Waals surface area contributed by atoms with Gasteiger partial charge in [0, 0.05) is 43.3 Å². The molecule has 1 aromatic carbocycles. The molecule has 0 spiro atoms. The molecular weight excluding hydrogens is 450 g/mol. The lowest BCUT2D eigenvalue weighted by molar-refractivity contribution is 0.0613. The van der Waals surface area contributed by atoms with Crippen LogP contribution in [0.5, 0.6) is 0 Å². The van der Waals surface area contributed by atoms with E-state index in [1.165, 1.54) is 56.1 Å². The molecule has 2 aromatic heterocycles. The minimum absolute atomic E-state index is 0.0357. The Morgan fingerprint density at radius 3 is 2.28 bits per heavy atom. The molecule has 1 aliphatic heterocycles. The van der Waals surface area contributed by atoms with Crippen molar-refractivity contribution in [3.8, 4) is 0 Å². The highest BCUT2D eigenvalue weighted by Crippen LogP contribution is 2.35. The summed E-state index contributed by atoms with van der Waals surface area (Å²) in [5.74, 6) is 0.821. The van der Waals surface area contributed by atoms with Gasteiger partial charge in [0.05, 0.1) is 6.04 Å². The Morgan fingerprint density at radius 1 is 0.861 bits per heavy atom. The minimum Gasteiger partial charge on any atom is -0.322 e. The first-order valence-electron chi connectivity index (χ1n) is 14.0. The quantitative estimate of drug-likeness (QED) is 0.576. The number of nitrogens with one attached hydrogen (secondary N) is 1. The van der Waals surface area contributed by atoms with E-state index in [1.807, 2.05) is 4.68 Å². The van der Waals surface area contributed by atoms with Crippen molar-refractivity contribution in [3.63, 3.8) is 0 Å². The van der Waals surface area contributed by atoms with E-state index in [9.17, 15) is 4.79 Å². The smallest absolute Gasteiger partial charge is 0.253 e. The standard InChI is InChI=1S/C28H39N7O/c1-19-16-21-18-24(28(36)29-25(21)17-20(19)2)26(27-30-31-32-35(27)23-10-6-7-11-23)34-14-12-33(13-15-34)22-8-4-3-5-9-22/h16-18,22-23,26H,3-15H2,1-2H3,(H,29,36)/t26-/m0/s1. The van der Waals surface area contributed by atoms with Gasteiger partial charge in [-0.3, -0.25) is 14.6 Å². The molecule has 3 aliphatic rings. The highest BCUT2D eigenvalue weighted by Gasteiger charge is 2.36. The van der Waals surface area contributed by atoms with Gasteiger partial charge in [0.1, 0.15) is 6.04 Å². The van der Waals surface area contributed by atoms with Crippen LogP contribution in [0.3, 0.4) is 0 Å². The summed E-state index contributed by atoms with van der Waals surface area (Å²) in [6, 6.07) is 7.15. The van der Waals surface area contributed by atoms with Crippen LogP contribution in [0, 0.1) is 13.8 Å². The van der Waals surface area contributed by atoms with E-state index in [1.54, 1.807) is 0 Å². The molecule has 1 N–H and O–H groups in total. The fourth-order valence-electron chi connectivity index (χ4n) is 6.79. The van der Waals surface area contributed by atoms with Gasteiger partial charge in [0.15, 0.2) is 5.82 Å². The van der Waals surface area contributed by atoms with Gasteiger partial charge in [0.25, 0.3) is 5.56 Å². The van der Waals surface area contributed by atoms with Crippen LogP contribution in [0.25, 0.3) is 10.9 Å². The Morgan fingerprint density at radius 2 is 1.53 bits per heavy atom. The van der Waals surface area contributed by atoms with Crippen molar-refractivity contribution in [2.75, 3.05) is 26.2 Å². The first-order chi connectivity index (χ1) is 17.6. The van der Waals surface area contributed by atoms with Crippen molar-refractivity contribution in [2.24, 2.45) is 0 Å². The van der Waals surface area contributed by atoms with Crippen LogP contribution in [0.15, 0.2) is 23.0 Å². The zero-order valence-corrected chi connectivity index (χ0v) is 21.7. The highest BCUT2D eigenvalue weighted by molar-refractivity contribution is 5.81. The van der Waals surface area contributed by atoms with Crippen molar-refractivity contribution in [1.29, 1.82) is 0 Å². The summed E-state index contributed by atoms with van der Waals surface area (Å²) in [6.07, 6.45) is 11.4. The monoisotopic (exact) mass is 489 g/mol. The van der Waals surface area contributed by atoms with Crippen LogP contribution in [0.4, 0.5) is 0 Å². The van der Waals surface area contributed by atoms with Gasteiger partial charge in [0.2, 0.25) is 0 Å². The van der Waals surface area contributed by atoms with Gasteiger partial charge in [-0.2, -0.15) is 0 Å². The molecule has 0 radical (unpaired) electrons. The number of aromatic nitrogens is 5. The number of fused-ring (bicyclic) bond motifs is 1. The molecule has 192 valence electrons. The number of H-pyrrole nitrogens is 1. The third-order valence-corrected chi connectivity index (χ3v) is 9.02. The molecule has 36 heavy (non-hydrogen) atoms. The molecule has 3 fully saturated rings. The van der Waals surface area contributed by atoms with Crippen molar-refractivity contribution in [3.05, 3.63) is 51.1 Å². The molecule has 2 saturated carbocycles. The summed E-state index contributed by atoms with van der Waals surface area (Å²) in [5.41, 5.74) is 4.03. The Bertz CT molecular complexity index is 1260. The van der Waals surface area contributed by atoms with Crippen LogP contribution in [-0.2, 0) is 0 Å². The Kier molecular flexibility index (Phi) is 6.65. The molecular formula is C28H39N7O. The lowest BCUT2D eigenvalue weighted by Gasteiger charge is -2.43. The van der Waals surface area contributed by atoms with E-state index in [4.69, 9.17) is 0 Å². The Balaban J connectivity index is 1.38. The fraction of sp³-hybridized carbons (Fsp3) is 0.643. The van der Waals surface area contributed by atoms with Crippen molar-refractivity contribution < 1.29 is 0 Å². The lowest BCUT2D eigenvalue weighted by atomic mass is 9.93. The molecule has 0 bridgehead atoms. The van der Waals surface area contributed by atoms with E-state index in [0.29, 0.717) is 6.04 Å². The van der Waals surface area contributed by atoms with E-state index >= 15 is 0 Å². The third kappa shape index (κ3) is 4.50. The number of piperazine rings is 1. The third-order valence-electron chi connectivity index (χ3n) is 9.02. The lowest BCUT2D eigenvalue weighted by Crippen LogP contribution is -2.52. The minimum atomic E-state index is -0.246. The van der Waals surface area contributed by atoms with Crippen LogP contribution in [0.1, 0.15) is 92.4 Å². The van der Waals surface area contributed by atoms with Crippen LogP contribution < -0.4 is 5.56 Å². The summed E-state index contributed by atoms with van der Waals surface area (Å²) in [6.45, 7) is 8.13. The molecule has 8 heteroatoms. The number of aryl methyl sites for hydroxylation is 2. The van der Waals surface area contributed by atoms with Crippen LogP contribution in [0.2, 0.25) is 0 Å². The van der Waals surface area contributed by atoms with E-state index < -0.39 is 0 Å². The molecule has 8 nitrogen and oxygen atoms in total. The van der Waals surface area contributed by atoms with Gasteiger partial charge >= 0.3 is 0 Å². The number of pyridine rings is 1. The number of hydrogen-bond donors (Lipinski definition) is 1. The second kappa shape index (κ2) is 10.1. The predicted molar refractivity (Wildman–Crippen MR) is 141 cm³/mol. The molecule has 0 unspecified atom stereocenters. The second-order valence-corrected chi connectivity index (χ2v) is 11.3. The maximum absolute atomic E-state index is 13.6. The van der Waals surface area contributed by atoms with E-state index in [-0.39, 0.29) is 11.6 Å². The van der Waals surface area contributed by atoms with Crippen LogP contribution in [-0.4, -0.2) is 67.2 Å². The predicted octanol–water partition coefficient (Wildman–Crippen LogP) is 4.29. The number of tetrazole rings is 1. The Hall–Kier alpha value is -2.58. The normalized spacial score (nSPS) is 21.9. The largest absolute Gasteiger partial charge is 0.322 e. The molecule has 6 rings (SSSR count). The van der Waals surface area contributed by atoms with Crippen LogP contribution >= 0.6 is 0 Å². The summed E-state index contributed by atoms with van der Waals surface area (Å²) < 4.78 is 2.04. The summed E-state index contributed by atoms with van der Waals surface area (Å²) in [4.78, 5) is 21.9. The maximum atomic E-state index is 13.6. The summed E-state index contributed by atoms with van der Waals surface area (Å²) in [7, 11) is 0. The van der Waals surface area contributed by atoms with E-state index in [0.717, 1.165) is 67.4 Å². The molecule has 3 heterocycles. The molecule has 1 saturated heterocycles. The first-order valence-corrected chi connectivity index (χ1v) is 14.0. The average molecular weight is 490 g/mol. The number of benzene rings is 1. The molecule has 2 aliphatic carbocycles. The molecule has 3 aromatic rings. The average Bonchev–Trinajstić information content (AvgIpc) is 3.59. The van der Waals surface area contributed by atoms with Gasteiger partial charge in [-0.1, -0.05) is 32.1 Å². The number of hydrogen-bond acceptors (Lipinski definition) is 6. The second-order valence-electron chi connectivity index (χ2n) is 11.3. The van der Waals surface area contributed by atoms with Gasteiger partial charge in [-0.15, -0.1) is 5.10 Å². The van der Waals surface area contributed by atoms with Gasteiger partial charge in [-0.05, 0) is 84.7 Å². The van der Waals surface area contributed by atoms with E-state index in [2.05, 4.69) is 62.4 Å². The number of rotatable bonds is 5. The molecule has 1 atom stereocenters. The SMILES string of the molecule is Cc1cc2cc([C@@H](c3nnnn3C3CCCC3)N3CCN(C4CCCCC4)CC3)c(=O)[nH]c2cc1C. The van der Waals surface area contributed by atoms with Gasteiger partial charge in [-0.25, -0.2) is 4.68 Å². The van der Waals surface area contributed by atoms with Crippen molar-refractivity contribution >= 4 is 10.9 Å². The molecule has 0 amide bonds. The number of aromatic amines is 1. The fourth-order valence-corrected chi connectivity index (χ4v) is 6.79. The van der Waals surface area contributed by atoms with Crippen molar-refractivity contribution in [2.45, 2.75) is 89.8 Å². The Labute approximate surface area is 213 Å². The first kappa shape index (κ1) is 23.8. The van der Waals surface area contributed by atoms with Crippen molar-refractivity contribution in [1.82, 2.24) is 35.0 Å². The zero-order valence-electron chi connectivity index (χ0n) is 21.7. The zero-order chi connectivity index (χ0) is 24.6. The maximum Gasteiger partial charge on any atom is 0.253 e. The number of nitrogens with zero attached hydrogens (tertiary/aromatic N) is 6.